The van der Waals surface area contributed by atoms with Gasteiger partial charge in [-0.05, 0) is 30.3 Å². The minimum atomic E-state index is -0.477. The summed E-state index contributed by atoms with van der Waals surface area (Å²) < 4.78 is 13.3. The number of nitrogens with two attached hydrogens (primary N) is 1. The summed E-state index contributed by atoms with van der Waals surface area (Å²) in [6.45, 7) is 0. The second-order valence-electron chi connectivity index (χ2n) is 3.47. The van der Waals surface area contributed by atoms with Crippen molar-refractivity contribution in [2.75, 3.05) is 5.73 Å². The Morgan fingerprint density at radius 2 is 1.59 bits per heavy atom. The summed E-state index contributed by atoms with van der Waals surface area (Å²) in [6.07, 6.45) is 0. The molecule has 2 aromatic rings. The molecule has 0 aliphatic rings. The van der Waals surface area contributed by atoms with Crippen LogP contribution in [0.4, 0.5) is 10.1 Å². The van der Waals surface area contributed by atoms with Gasteiger partial charge < -0.3 is 5.73 Å². The van der Waals surface area contributed by atoms with Crippen molar-refractivity contribution in [1.29, 1.82) is 0 Å². The van der Waals surface area contributed by atoms with Crippen LogP contribution < -0.4 is 5.73 Å². The smallest absolute Gasteiger partial charge is 0.125 e. The normalized spacial score (nSPS) is 10.6. The van der Waals surface area contributed by atoms with E-state index in [4.69, 9.17) is 40.5 Å². The fourth-order valence-corrected chi connectivity index (χ4v) is 2.11. The van der Waals surface area contributed by atoms with E-state index < -0.39 is 5.82 Å². The molecule has 17 heavy (non-hydrogen) atoms. The minimum absolute atomic E-state index is 0.149. The number of nitrogen functional groups attached to an aromatic ring is 1. The Balaban J connectivity index is 2.72. The molecule has 2 N–H and O–H groups in total. The highest BCUT2D eigenvalue weighted by atomic mass is 35.5. The van der Waals surface area contributed by atoms with Gasteiger partial charge in [0.2, 0.25) is 0 Å². The average Bonchev–Trinajstić information content (AvgIpc) is 2.27. The number of hydrogen-bond donors (Lipinski definition) is 1. The highest BCUT2D eigenvalue weighted by Gasteiger charge is 2.12. The summed E-state index contributed by atoms with van der Waals surface area (Å²) in [5, 5.41) is 1.07. The zero-order valence-corrected chi connectivity index (χ0v) is 10.7. The molecule has 0 bridgehead atoms. The van der Waals surface area contributed by atoms with Crippen LogP contribution in [-0.4, -0.2) is 0 Å². The van der Waals surface area contributed by atoms with Crippen LogP contribution in [-0.2, 0) is 0 Å². The topological polar surface area (TPSA) is 26.0 Å². The third-order valence-corrected chi connectivity index (χ3v) is 3.19. The van der Waals surface area contributed by atoms with Gasteiger partial charge in [-0.3, -0.25) is 0 Å². The van der Waals surface area contributed by atoms with Gasteiger partial charge in [-0.1, -0.05) is 34.8 Å². The van der Waals surface area contributed by atoms with Crippen LogP contribution >= 0.6 is 34.8 Å². The highest BCUT2D eigenvalue weighted by Crippen LogP contribution is 2.37. The van der Waals surface area contributed by atoms with Gasteiger partial charge in [0.05, 0.1) is 10.7 Å². The first kappa shape index (κ1) is 12.5. The van der Waals surface area contributed by atoms with Crippen molar-refractivity contribution < 1.29 is 4.39 Å². The maximum Gasteiger partial charge on any atom is 0.125 e. The quantitative estimate of drug-likeness (QED) is 0.732. The van der Waals surface area contributed by atoms with Crippen LogP contribution in [0.15, 0.2) is 30.3 Å². The lowest BCUT2D eigenvalue weighted by Gasteiger charge is -2.10. The summed E-state index contributed by atoms with van der Waals surface area (Å²) in [5.41, 5.74) is 7.06. The van der Waals surface area contributed by atoms with Crippen molar-refractivity contribution in [3.05, 3.63) is 51.2 Å². The fourth-order valence-electron chi connectivity index (χ4n) is 1.51. The number of halogens is 4. The van der Waals surface area contributed by atoms with Crippen LogP contribution in [0.2, 0.25) is 15.1 Å². The maximum absolute atomic E-state index is 13.3. The lowest BCUT2D eigenvalue weighted by Crippen LogP contribution is -1.93. The van der Waals surface area contributed by atoms with Crippen molar-refractivity contribution in [2.45, 2.75) is 0 Å². The van der Waals surface area contributed by atoms with E-state index in [9.17, 15) is 4.39 Å². The molecule has 0 aliphatic carbocycles. The Hall–Kier alpha value is -0.960. The Bertz CT molecular complexity index is 584. The molecule has 0 saturated carbocycles. The zero-order chi connectivity index (χ0) is 12.6. The Morgan fingerprint density at radius 3 is 2.29 bits per heavy atom. The van der Waals surface area contributed by atoms with Gasteiger partial charge in [0.25, 0.3) is 0 Å². The SMILES string of the molecule is Nc1c(Cl)cc(F)cc1-c1cc(Cl)ccc1Cl. The molecule has 0 atom stereocenters. The number of benzene rings is 2. The molecule has 2 rings (SSSR count). The first-order chi connectivity index (χ1) is 7.99. The molecule has 0 radical (unpaired) electrons. The molecule has 0 unspecified atom stereocenters. The molecule has 1 nitrogen and oxygen atoms in total. The predicted molar refractivity (Wildman–Crippen MR) is 71.3 cm³/mol. The van der Waals surface area contributed by atoms with E-state index in [2.05, 4.69) is 0 Å². The lowest BCUT2D eigenvalue weighted by atomic mass is 10.0. The standard InChI is InChI=1S/C12H7Cl3FN/c13-6-1-2-10(14)8(3-6)9-4-7(16)5-11(15)12(9)17/h1-5H,17H2. The second-order valence-corrected chi connectivity index (χ2v) is 4.72. The van der Waals surface area contributed by atoms with Crippen LogP contribution in [0.25, 0.3) is 11.1 Å². The number of hydrogen-bond acceptors (Lipinski definition) is 1. The zero-order valence-electron chi connectivity index (χ0n) is 8.48. The van der Waals surface area contributed by atoms with Crippen molar-refractivity contribution in [3.63, 3.8) is 0 Å². The van der Waals surface area contributed by atoms with E-state index in [1.807, 2.05) is 0 Å². The summed E-state index contributed by atoms with van der Waals surface area (Å²) in [7, 11) is 0. The average molecular weight is 291 g/mol. The molecule has 5 heteroatoms. The van der Waals surface area contributed by atoms with E-state index in [-0.39, 0.29) is 10.7 Å². The molecule has 0 saturated heterocycles. The van der Waals surface area contributed by atoms with Crippen molar-refractivity contribution in [1.82, 2.24) is 0 Å². The van der Waals surface area contributed by atoms with Crippen LogP contribution in [0.3, 0.4) is 0 Å². The van der Waals surface area contributed by atoms with E-state index >= 15 is 0 Å². The molecule has 2 aromatic carbocycles. The Morgan fingerprint density at radius 1 is 0.882 bits per heavy atom. The van der Waals surface area contributed by atoms with E-state index in [1.54, 1.807) is 18.2 Å². The summed E-state index contributed by atoms with van der Waals surface area (Å²) >= 11 is 17.7. The van der Waals surface area contributed by atoms with Crippen molar-refractivity contribution in [3.8, 4) is 11.1 Å². The minimum Gasteiger partial charge on any atom is -0.397 e. The molecular weight excluding hydrogens is 283 g/mol. The van der Waals surface area contributed by atoms with Gasteiger partial charge in [0.1, 0.15) is 5.82 Å². The number of rotatable bonds is 1. The molecule has 88 valence electrons. The first-order valence-electron chi connectivity index (χ1n) is 4.69. The first-order valence-corrected chi connectivity index (χ1v) is 5.82. The third-order valence-electron chi connectivity index (χ3n) is 2.31. The third kappa shape index (κ3) is 2.49. The Kier molecular flexibility index (Phi) is 3.48. The molecule has 0 fully saturated rings. The molecule has 0 heterocycles. The maximum atomic E-state index is 13.3. The molecular formula is C12H7Cl3FN. The van der Waals surface area contributed by atoms with Gasteiger partial charge >= 0.3 is 0 Å². The van der Waals surface area contributed by atoms with Crippen LogP contribution in [0.1, 0.15) is 0 Å². The van der Waals surface area contributed by atoms with Crippen LogP contribution in [0, 0.1) is 5.82 Å². The largest absolute Gasteiger partial charge is 0.397 e. The highest BCUT2D eigenvalue weighted by molar-refractivity contribution is 6.36. The summed E-state index contributed by atoms with van der Waals surface area (Å²) in [4.78, 5) is 0. The van der Waals surface area contributed by atoms with E-state index in [0.29, 0.717) is 21.2 Å². The molecule has 0 amide bonds. The fraction of sp³-hybridized carbons (Fsp3) is 0. The van der Waals surface area contributed by atoms with E-state index in [1.165, 1.54) is 6.07 Å². The van der Waals surface area contributed by atoms with Crippen molar-refractivity contribution in [2.24, 2.45) is 0 Å². The number of anilines is 1. The van der Waals surface area contributed by atoms with Gasteiger partial charge in [0.15, 0.2) is 0 Å². The van der Waals surface area contributed by atoms with Gasteiger partial charge in [0, 0.05) is 21.2 Å². The van der Waals surface area contributed by atoms with Crippen LogP contribution in [0.5, 0.6) is 0 Å². The van der Waals surface area contributed by atoms with E-state index in [0.717, 1.165) is 6.07 Å². The molecule has 0 aliphatic heterocycles. The molecule has 0 aromatic heterocycles. The van der Waals surface area contributed by atoms with Gasteiger partial charge in [-0.2, -0.15) is 0 Å². The summed E-state index contributed by atoms with van der Waals surface area (Å²) in [6, 6.07) is 7.31. The second kappa shape index (κ2) is 4.73. The predicted octanol–water partition coefficient (Wildman–Crippen LogP) is 5.04. The van der Waals surface area contributed by atoms with Crippen molar-refractivity contribution >= 4 is 40.5 Å². The van der Waals surface area contributed by atoms with Gasteiger partial charge in [-0.15, -0.1) is 0 Å². The van der Waals surface area contributed by atoms with Gasteiger partial charge in [-0.25, -0.2) is 4.39 Å². The molecule has 0 spiro atoms. The summed E-state index contributed by atoms with van der Waals surface area (Å²) in [5.74, 6) is -0.477. The monoisotopic (exact) mass is 289 g/mol. The Labute approximate surface area is 113 Å². The lowest BCUT2D eigenvalue weighted by molar-refractivity contribution is 0.628.